The van der Waals surface area contributed by atoms with Crippen LogP contribution in [0.5, 0.6) is 5.88 Å². The fourth-order valence-electron chi connectivity index (χ4n) is 3.98. The minimum Gasteiger partial charge on any atom is -0.476 e. The first-order valence-corrected chi connectivity index (χ1v) is 10.7. The van der Waals surface area contributed by atoms with E-state index in [0.717, 1.165) is 55.3 Å². The van der Waals surface area contributed by atoms with Crippen LogP contribution < -0.4 is 9.64 Å². The molecule has 0 bridgehead atoms. The lowest BCUT2D eigenvalue weighted by Crippen LogP contribution is -2.22. The summed E-state index contributed by atoms with van der Waals surface area (Å²) in [6, 6.07) is 12.6. The lowest BCUT2D eigenvalue weighted by molar-refractivity contribution is 0.250. The number of nitrogens with zero attached hydrogens (tertiary/aromatic N) is 6. The van der Waals surface area contributed by atoms with Gasteiger partial charge < -0.3 is 9.64 Å². The third kappa shape index (κ3) is 4.33. The fraction of sp³-hybridized carbons (Fsp3) is 0.375. The molecule has 5 rings (SSSR count). The molecule has 156 valence electrons. The summed E-state index contributed by atoms with van der Waals surface area (Å²) in [6.45, 7) is 4.34. The Morgan fingerprint density at radius 3 is 2.87 bits per heavy atom. The highest BCUT2D eigenvalue weighted by molar-refractivity contribution is 5.65. The summed E-state index contributed by atoms with van der Waals surface area (Å²) < 4.78 is 6.00. The molecule has 1 aromatic carbocycles. The molecule has 1 saturated carbocycles. The summed E-state index contributed by atoms with van der Waals surface area (Å²) in [6.07, 6.45) is 6.68. The standard InChI is InChI=1S/C24H24N6O/c1-16-26-9-7-22(28-16)19-3-2-4-21(11-19)30-10-8-17(14-30)15-31-24-20(12-25)13-27-23(29-24)18-5-6-18/h2-4,7,9,11,13,17-18H,5-6,8,10,14-15H2,1H3/t17-/m0/s1. The van der Waals surface area contributed by atoms with Gasteiger partial charge in [-0.2, -0.15) is 10.2 Å². The van der Waals surface area contributed by atoms with Gasteiger partial charge in [0.2, 0.25) is 5.88 Å². The van der Waals surface area contributed by atoms with E-state index in [1.165, 1.54) is 5.69 Å². The van der Waals surface area contributed by atoms with Crippen LogP contribution in [0.3, 0.4) is 0 Å². The van der Waals surface area contributed by atoms with Gasteiger partial charge in [-0.3, -0.25) is 0 Å². The van der Waals surface area contributed by atoms with Gasteiger partial charge in [-0.1, -0.05) is 12.1 Å². The van der Waals surface area contributed by atoms with Crippen LogP contribution in [0.25, 0.3) is 11.3 Å². The fourth-order valence-corrected chi connectivity index (χ4v) is 3.98. The summed E-state index contributed by atoms with van der Waals surface area (Å²) in [4.78, 5) is 19.9. The highest BCUT2D eigenvalue weighted by Crippen LogP contribution is 2.38. The van der Waals surface area contributed by atoms with Gasteiger partial charge in [0.05, 0.1) is 18.5 Å². The zero-order valence-electron chi connectivity index (χ0n) is 17.5. The van der Waals surface area contributed by atoms with Crippen LogP contribution in [0.2, 0.25) is 0 Å². The lowest BCUT2D eigenvalue weighted by Gasteiger charge is -2.20. The van der Waals surface area contributed by atoms with E-state index in [2.05, 4.69) is 55.2 Å². The molecule has 1 aliphatic carbocycles. The second kappa shape index (κ2) is 8.31. The Morgan fingerprint density at radius 1 is 1.16 bits per heavy atom. The lowest BCUT2D eigenvalue weighted by atomic mass is 10.1. The topological polar surface area (TPSA) is 87.8 Å². The summed E-state index contributed by atoms with van der Waals surface area (Å²) >= 11 is 0. The molecule has 31 heavy (non-hydrogen) atoms. The maximum absolute atomic E-state index is 9.36. The molecule has 0 spiro atoms. The van der Waals surface area contributed by atoms with Crippen molar-refractivity contribution in [2.45, 2.75) is 32.1 Å². The molecule has 1 aliphatic heterocycles. The average molecular weight is 412 g/mol. The number of nitriles is 1. The van der Waals surface area contributed by atoms with E-state index in [1.54, 1.807) is 12.4 Å². The Balaban J connectivity index is 1.25. The molecule has 0 amide bonds. The monoisotopic (exact) mass is 412 g/mol. The number of benzene rings is 1. The molecule has 1 atom stereocenters. The first-order valence-electron chi connectivity index (χ1n) is 10.7. The molecule has 3 aromatic rings. The molecule has 1 saturated heterocycles. The molecule has 7 heteroatoms. The maximum atomic E-state index is 9.36. The zero-order valence-corrected chi connectivity index (χ0v) is 17.5. The van der Waals surface area contributed by atoms with Gasteiger partial charge in [0, 0.05) is 42.4 Å². The quantitative estimate of drug-likeness (QED) is 0.607. The van der Waals surface area contributed by atoms with Crippen molar-refractivity contribution in [1.82, 2.24) is 19.9 Å². The molecule has 2 aromatic heterocycles. The van der Waals surface area contributed by atoms with Crippen LogP contribution in [0.1, 0.15) is 42.4 Å². The molecule has 3 heterocycles. The molecular weight excluding hydrogens is 388 g/mol. The predicted molar refractivity (Wildman–Crippen MR) is 117 cm³/mol. The highest BCUT2D eigenvalue weighted by Gasteiger charge is 2.28. The molecule has 0 N–H and O–H groups in total. The van der Waals surface area contributed by atoms with Crippen molar-refractivity contribution in [2.24, 2.45) is 5.92 Å². The molecule has 2 aliphatic rings. The number of anilines is 1. The van der Waals surface area contributed by atoms with Crippen molar-refractivity contribution in [3.05, 3.63) is 59.9 Å². The van der Waals surface area contributed by atoms with Gasteiger partial charge in [-0.15, -0.1) is 0 Å². The SMILES string of the molecule is Cc1nccc(-c2cccc(N3CC[C@H](COc4nc(C5CC5)ncc4C#N)C3)c2)n1. The molecule has 7 nitrogen and oxygen atoms in total. The Bertz CT molecular complexity index is 1140. The average Bonchev–Trinajstić information content (AvgIpc) is 3.55. The van der Waals surface area contributed by atoms with Crippen molar-refractivity contribution >= 4 is 5.69 Å². The minimum absolute atomic E-state index is 0.385. The van der Waals surface area contributed by atoms with Gasteiger partial charge >= 0.3 is 0 Å². The Kier molecular flexibility index (Phi) is 5.21. The van der Waals surface area contributed by atoms with Gasteiger partial charge in [-0.05, 0) is 44.4 Å². The summed E-state index contributed by atoms with van der Waals surface area (Å²) in [5.74, 6) is 2.82. The summed E-state index contributed by atoms with van der Waals surface area (Å²) in [7, 11) is 0. The van der Waals surface area contributed by atoms with Crippen LogP contribution in [0.15, 0.2) is 42.7 Å². The number of rotatable bonds is 6. The van der Waals surface area contributed by atoms with Gasteiger partial charge in [-0.25, -0.2) is 15.0 Å². The minimum atomic E-state index is 0.385. The second-order valence-corrected chi connectivity index (χ2v) is 8.28. The van der Waals surface area contributed by atoms with E-state index in [9.17, 15) is 5.26 Å². The van der Waals surface area contributed by atoms with E-state index in [1.807, 2.05) is 13.0 Å². The van der Waals surface area contributed by atoms with Crippen LogP contribution in [-0.4, -0.2) is 39.6 Å². The number of hydrogen-bond acceptors (Lipinski definition) is 7. The third-order valence-electron chi connectivity index (χ3n) is 5.86. The van der Waals surface area contributed by atoms with Crippen molar-refractivity contribution in [3.63, 3.8) is 0 Å². The van der Waals surface area contributed by atoms with E-state index < -0.39 is 0 Å². The van der Waals surface area contributed by atoms with Crippen LogP contribution in [-0.2, 0) is 0 Å². The summed E-state index contributed by atoms with van der Waals surface area (Å²) in [5, 5.41) is 9.36. The normalized spacial score (nSPS) is 18.1. The third-order valence-corrected chi connectivity index (χ3v) is 5.86. The predicted octanol–water partition coefficient (Wildman–Crippen LogP) is 3.90. The summed E-state index contributed by atoms with van der Waals surface area (Å²) in [5.41, 5.74) is 3.63. The Hall–Kier alpha value is -3.53. The number of aromatic nitrogens is 4. The molecular formula is C24H24N6O. The molecule has 0 unspecified atom stereocenters. The Morgan fingerprint density at radius 2 is 2.06 bits per heavy atom. The Labute approximate surface area is 181 Å². The molecule has 2 fully saturated rings. The first kappa shape index (κ1) is 19.4. The van der Waals surface area contributed by atoms with Crippen molar-refractivity contribution in [3.8, 4) is 23.2 Å². The maximum Gasteiger partial charge on any atom is 0.235 e. The van der Waals surface area contributed by atoms with E-state index in [-0.39, 0.29) is 0 Å². The van der Waals surface area contributed by atoms with E-state index in [4.69, 9.17) is 4.74 Å². The van der Waals surface area contributed by atoms with Crippen LogP contribution >= 0.6 is 0 Å². The first-order chi connectivity index (χ1) is 15.2. The van der Waals surface area contributed by atoms with E-state index in [0.29, 0.717) is 29.9 Å². The van der Waals surface area contributed by atoms with Crippen molar-refractivity contribution in [2.75, 3.05) is 24.6 Å². The van der Waals surface area contributed by atoms with E-state index >= 15 is 0 Å². The van der Waals surface area contributed by atoms with Crippen molar-refractivity contribution < 1.29 is 4.74 Å². The van der Waals surface area contributed by atoms with Crippen molar-refractivity contribution in [1.29, 1.82) is 5.26 Å². The van der Waals surface area contributed by atoms with Gasteiger partial charge in [0.25, 0.3) is 0 Å². The number of ether oxygens (including phenoxy) is 1. The largest absolute Gasteiger partial charge is 0.476 e. The van der Waals surface area contributed by atoms with Gasteiger partial charge in [0.1, 0.15) is 23.3 Å². The van der Waals surface area contributed by atoms with Crippen LogP contribution in [0, 0.1) is 24.2 Å². The second-order valence-electron chi connectivity index (χ2n) is 8.28. The van der Waals surface area contributed by atoms with Crippen LogP contribution in [0.4, 0.5) is 5.69 Å². The highest BCUT2D eigenvalue weighted by atomic mass is 16.5. The smallest absolute Gasteiger partial charge is 0.235 e. The van der Waals surface area contributed by atoms with Gasteiger partial charge in [0.15, 0.2) is 0 Å². The zero-order chi connectivity index (χ0) is 21.2. The number of aryl methyl sites for hydroxylation is 1. The molecule has 0 radical (unpaired) electrons. The number of hydrogen-bond donors (Lipinski definition) is 0.